The highest BCUT2D eigenvalue weighted by Crippen LogP contribution is 2.31. The summed E-state index contributed by atoms with van der Waals surface area (Å²) < 4.78 is 8.34. The Kier molecular flexibility index (Phi) is 4.88. The summed E-state index contributed by atoms with van der Waals surface area (Å²) in [7, 11) is 1.58. The van der Waals surface area contributed by atoms with E-state index in [0.717, 1.165) is 26.9 Å². The summed E-state index contributed by atoms with van der Waals surface area (Å²) in [4.78, 5) is 17.4. The number of nitrogens with zero attached hydrogens (tertiary/aromatic N) is 2. The Morgan fingerprint density at radius 2 is 1.93 bits per heavy atom. The van der Waals surface area contributed by atoms with E-state index in [0.29, 0.717) is 17.0 Å². The molecule has 6 heteroatoms. The molecule has 0 aliphatic rings. The number of aromatic nitrogens is 2. The van der Waals surface area contributed by atoms with Crippen molar-refractivity contribution in [1.29, 1.82) is 0 Å². The third-order valence-electron chi connectivity index (χ3n) is 4.53. The molecule has 1 amide bonds. The van der Waals surface area contributed by atoms with Crippen LogP contribution in [0.25, 0.3) is 16.9 Å². The first-order chi connectivity index (χ1) is 13.5. The van der Waals surface area contributed by atoms with E-state index in [1.54, 1.807) is 19.2 Å². The van der Waals surface area contributed by atoms with Gasteiger partial charge in [-0.25, -0.2) is 4.98 Å². The standard InChI is InChI=1S/C22H18BrN3O2/c1-14-4-3-11-26-13-19(24-21(14)26)16-7-10-20(28-2)18(12-16)25-22(27)15-5-8-17(23)9-6-15/h3-13H,1-2H3,(H,25,27). The van der Waals surface area contributed by atoms with E-state index >= 15 is 0 Å². The maximum absolute atomic E-state index is 12.6. The highest BCUT2D eigenvalue weighted by molar-refractivity contribution is 9.10. The van der Waals surface area contributed by atoms with Crippen molar-refractivity contribution in [2.24, 2.45) is 0 Å². The minimum Gasteiger partial charge on any atom is -0.495 e. The smallest absolute Gasteiger partial charge is 0.255 e. The molecular weight excluding hydrogens is 418 g/mol. The lowest BCUT2D eigenvalue weighted by molar-refractivity contribution is 0.102. The predicted octanol–water partition coefficient (Wildman–Crippen LogP) is 5.33. The van der Waals surface area contributed by atoms with Gasteiger partial charge in [-0.2, -0.15) is 0 Å². The molecule has 2 aromatic carbocycles. The Hall–Kier alpha value is -3.12. The molecule has 0 saturated heterocycles. The number of rotatable bonds is 4. The van der Waals surface area contributed by atoms with Gasteiger partial charge in [0.2, 0.25) is 0 Å². The zero-order valence-electron chi connectivity index (χ0n) is 15.4. The number of carbonyl (C=O) groups excluding carboxylic acids is 1. The molecule has 4 rings (SSSR count). The molecule has 0 radical (unpaired) electrons. The number of aryl methyl sites for hydroxylation is 1. The largest absolute Gasteiger partial charge is 0.495 e. The van der Waals surface area contributed by atoms with Gasteiger partial charge in [0, 0.05) is 28.0 Å². The molecule has 5 nitrogen and oxygen atoms in total. The van der Waals surface area contributed by atoms with Crippen molar-refractivity contribution < 1.29 is 9.53 Å². The summed E-state index contributed by atoms with van der Waals surface area (Å²) in [6.45, 7) is 2.03. The van der Waals surface area contributed by atoms with Crippen molar-refractivity contribution in [2.75, 3.05) is 12.4 Å². The summed E-state index contributed by atoms with van der Waals surface area (Å²) in [5.74, 6) is 0.392. The molecule has 0 saturated carbocycles. The third-order valence-corrected chi connectivity index (χ3v) is 5.06. The zero-order valence-corrected chi connectivity index (χ0v) is 17.0. The lowest BCUT2D eigenvalue weighted by atomic mass is 10.1. The Morgan fingerprint density at radius 3 is 2.64 bits per heavy atom. The minimum atomic E-state index is -0.200. The first-order valence-electron chi connectivity index (χ1n) is 8.75. The molecule has 0 unspecified atom stereocenters. The number of imidazole rings is 1. The summed E-state index contributed by atoms with van der Waals surface area (Å²) in [5.41, 5.74) is 4.91. The van der Waals surface area contributed by atoms with E-state index in [1.807, 2.05) is 66.2 Å². The van der Waals surface area contributed by atoms with Gasteiger partial charge in [0.15, 0.2) is 0 Å². The van der Waals surface area contributed by atoms with E-state index in [-0.39, 0.29) is 5.91 Å². The van der Waals surface area contributed by atoms with Crippen molar-refractivity contribution in [3.05, 3.63) is 82.6 Å². The number of fused-ring (bicyclic) bond motifs is 1. The molecule has 0 aliphatic heterocycles. The zero-order chi connectivity index (χ0) is 19.7. The maximum Gasteiger partial charge on any atom is 0.255 e. The fourth-order valence-corrected chi connectivity index (χ4v) is 3.32. The van der Waals surface area contributed by atoms with Crippen LogP contribution in [0.1, 0.15) is 15.9 Å². The van der Waals surface area contributed by atoms with Crippen LogP contribution < -0.4 is 10.1 Å². The van der Waals surface area contributed by atoms with Gasteiger partial charge < -0.3 is 14.5 Å². The molecule has 2 aromatic heterocycles. The van der Waals surface area contributed by atoms with Gasteiger partial charge in [0.05, 0.1) is 18.5 Å². The van der Waals surface area contributed by atoms with E-state index < -0.39 is 0 Å². The van der Waals surface area contributed by atoms with Crippen LogP contribution >= 0.6 is 15.9 Å². The number of nitrogens with one attached hydrogen (secondary N) is 1. The van der Waals surface area contributed by atoms with Gasteiger partial charge in [0.25, 0.3) is 5.91 Å². The highest BCUT2D eigenvalue weighted by Gasteiger charge is 2.13. The Morgan fingerprint density at radius 1 is 1.14 bits per heavy atom. The van der Waals surface area contributed by atoms with Gasteiger partial charge in [-0.1, -0.05) is 22.0 Å². The molecule has 0 aliphatic carbocycles. The maximum atomic E-state index is 12.6. The number of anilines is 1. The lowest BCUT2D eigenvalue weighted by Gasteiger charge is -2.11. The number of carbonyl (C=O) groups is 1. The fraction of sp³-hybridized carbons (Fsp3) is 0.0909. The van der Waals surface area contributed by atoms with Crippen LogP contribution in [0.15, 0.2) is 71.5 Å². The Bertz CT molecular complexity index is 1170. The fourth-order valence-electron chi connectivity index (χ4n) is 3.05. The summed E-state index contributed by atoms with van der Waals surface area (Å²) >= 11 is 3.38. The molecule has 0 spiro atoms. The monoisotopic (exact) mass is 435 g/mol. The lowest BCUT2D eigenvalue weighted by Crippen LogP contribution is -2.12. The van der Waals surface area contributed by atoms with Crippen LogP contribution in [0.2, 0.25) is 0 Å². The van der Waals surface area contributed by atoms with E-state index in [4.69, 9.17) is 9.72 Å². The van der Waals surface area contributed by atoms with Crippen LogP contribution in [0, 0.1) is 6.92 Å². The van der Waals surface area contributed by atoms with Crippen molar-refractivity contribution >= 4 is 33.2 Å². The van der Waals surface area contributed by atoms with Crippen LogP contribution in [0.4, 0.5) is 5.69 Å². The average Bonchev–Trinajstić information content (AvgIpc) is 3.14. The predicted molar refractivity (Wildman–Crippen MR) is 114 cm³/mol. The first kappa shape index (κ1) is 18.3. The summed E-state index contributed by atoms with van der Waals surface area (Å²) in [5, 5.41) is 2.94. The van der Waals surface area contributed by atoms with Gasteiger partial charge in [0.1, 0.15) is 11.4 Å². The number of halogens is 1. The molecule has 0 atom stereocenters. The van der Waals surface area contributed by atoms with Crippen molar-refractivity contribution in [3.8, 4) is 17.0 Å². The van der Waals surface area contributed by atoms with Crippen LogP contribution in [-0.2, 0) is 0 Å². The van der Waals surface area contributed by atoms with Crippen molar-refractivity contribution in [1.82, 2.24) is 9.38 Å². The first-order valence-corrected chi connectivity index (χ1v) is 9.54. The molecular formula is C22H18BrN3O2. The molecule has 2 heterocycles. The Labute approximate surface area is 171 Å². The number of ether oxygens (including phenoxy) is 1. The molecule has 1 N–H and O–H groups in total. The minimum absolute atomic E-state index is 0.200. The second kappa shape index (κ2) is 7.48. The number of pyridine rings is 1. The van der Waals surface area contributed by atoms with Gasteiger partial charge in [-0.3, -0.25) is 4.79 Å². The molecule has 140 valence electrons. The van der Waals surface area contributed by atoms with E-state index in [2.05, 4.69) is 21.2 Å². The van der Waals surface area contributed by atoms with Gasteiger partial charge in [-0.05, 0) is 61.0 Å². The van der Waals surface area contributed by atoms with E-state index in [9.17, 15) is 4.79 Å². The SMILES string of the molecule is COc1ccc(-c2cn3cccc(C)c3n2)cc1NC(=O)c1ccc(Br)cc1. The van der Waals surface area contributed by atoms with Crippen molar-refractivity contribution in [2.45, 2.75) is 6.92 Å². The number of benzene rings is 2. The number of methoxy groups -OCH3 is 1. The Balaban J connectivity index is 1.70. The van der Waals surface area contributed by atoms with Crippen LogP contribution in [-0.4, -0.2) is 22.4 Å². The quantitative estimate of drug-likeness (QED) is 0.470. The van der Waals surface area contributed by atoms with Crippen LogP contribution in [0.3, 0.4) is 0 Å². The number of hydrogen-bond donors (Lipinski definition) is 1. The summed E-state index contributed by atoms with van der Waals surface area (Å²) in [6.07, 6.45) is 3.95. The average molecular weight is 436 g/mol. The normalized spacial score (nSPS) is 10.8. The number of amides is 1. The van der Waals surface area contributed by atoms with E-state index in [1.165, 1.54) is 0 Å². The van der Waals surface area contributed by atoms with Crippen LogP contribution in [0.5, 0.6) is 5.75 Å². The molecule has 0 fully saturated rings. The highest BCUT2D eigenvalue weighted by atomic mass is 79.9. The summed E-state index contributed by atoms with van der Waals surface area (Å²) in [6, 6.07) is 16.9. The van der Waals surface area contributed by atoms with Gasteiger partial charge >= 0.3 is 0 Å². The van der Waals surface area contributed by atoms with Gasteiger partial charge in [-0.15, -0.1) is 0 Å². The molecule has 4 aromatic rings. The second-order valence-corrected chi connectivity index (χ2v) is 7.34. The molecule has 28 heavy (non-hydrogen) atoms. The molecule has 0 bridgehead atoms. The second-order valence-electron chi connectivity index (χ2n) is 6.42. The topological polar surface area (TPSA) is 55.6 Å². The third kappa shape index (κ3) is 3.51. The number of hydrogen-bond acceptors (Lipinski definition) is 3. The van der Waals surface area contributed by atoms with Crippen molar-refractivity contribution in [3.63, 3.8) is 0 Å².